The molecule has 4 heteroatoms. The van der Waals surface area contributed by atoms with Crippen molar-refractivity contribution >= 4 is 17.5 Å². The minimum Gasteiger partial charge on any atom is -0.396 e. The molecule has 70 valence electrons. The van der Waals surface area contributed by atoms with Gasteiger partial charge in [0.25, 0.3) is 0 Å². The molecule has 0 spiro atoms. The third-order valence-electron chi connectivity index (χ3n) is 2.41. The van der Waals surface area contributed by atoms with E-state index in [9.17, 15) is 4.79 Å². The summed E-state index contributed by atoms with van der Waals surface area (Å²) in [6.07, 6.45) is 0.867. The van der Waals surface area contributed by atoms with Crippen molar-refractivity contribution in [3.8, 4) is 0 Å². The van der Waals surface area contributed by atoms with Crippen LogP contribution < -0.4 is 0 Å². The Bertz CT molecular complexity index is 186. The van der Waals surface area contributed by atoms with E-state index in [0.29, 0.717) is 6.54 Å². The topological polar surface area (TPSA) is 40.5 Å². The third-order valence-corrected chi connectivity index (χ3v) is 2.64. The first kappa shape index (κ1) is 9.81. The molecule has 0 radical (unpaired) electrons. The predicted octanol–water partition coefficient (Wildman–Crippen LogP) is 0.456. The van der Waals surface area contributed by atoms with E-state index in [1.165, 1.54) is 0 Å². The SMILES string of the molecule is CC1(CO)CCN(C(=O)CCl)C1. The maximum atomic E-state index is 11.1. The summed E-state index contributed by atoms with van der Waals surface area (Å²) in [6, 6.07) is 0. The average Bonchev–Trinajstić information content (AvgIpc) is 2.48. The van der Waals surface area contributed by atoms with E-state index in [1.54, 1.807) is 4.90 Å². The van der Waals surface area contributed by atoms with Crippen molar-refractivity contribution in [1.82, 2.24) is 4.90 Å². The number of likely N-dealkylation sites (tertiary alicyclic amines) is 1. The summed E-state index contributed by atoms with van der Waals surface area (Å²) in [5, 5.41) is 9.03. The molecule has 3 nitrogen and oxygen atoms in total. The van der Waals surface area contributed by atoms with Crippen LogP contribution in [0.15, 0.2) is 0 Å². The zero-order valence-corrected chi connectivity index (χ0v) is 7.97. The van der Waals surface area contributed by atoms with Crippen LogP contribution in [0.2, 0.25) is 0 Å². The number of hydrogen-bond acceptors (Lipinski definition) is 2. The van der Waals surface area contributed by atoms with Gasteiger partial charge >= 0.3 is 0 Å². The first-order valence-corrected chi connectivity index (χ1v) is 4.59. The van der Waals surface area contributed by atoms with Crippen molar-refractivity contribution in [2.45, 2.75) is 13.3 Å². The maximum Gasteiger partial charge on any atom is 0.237 e. The highest BCUT2D eigenvalue weighted by Gasteiger charge is 2.34. The number of rotatable bonds is 2. The lowest BCUT2D eigenvalue weighted by molar-refractivity contribution is -0.127. The largest absolute Gasteiger partial charge is 0.396 e. The maximum absolute atomic E-state index is 11.1. The molecule has 12 heavy (non-hydrogen) atoms. The normalized spacial score (nSPS) is 29.4. The Hall–Kier alpha value is -0.280. The van der Waals surface area contributed by atoms with Crippen molar-refractivity contribution in [3.05, 3.63) is 0 Å². The van der Waals surface area contributed by atoms with Gasteiger partial charge in [0.1, 0.15) is 5.88 Å². The predicted molar refractivity (Wildman–Crippen MR) is 47.1 cm³/mol. The number of aliphatic hydroxyl groups excluding tert-OH is 1. The molecule has 1 atom stereocenters. The molecule has 1 heterocycles. The monoisotopic (exact) mass is 191 g/mol. The lowest BCUT2D eigenvalue weighted by Crippen LogP contribution is -2.33. The second-order valence-corrected chi connectivity index (χ2v) is 3.93. The minimum absolute atomic E-state index is 0.0335. The number of aliphatic hydroxyl groups is 1. The first-order valence-electron chi connectivity index (χ1n) is 4.06. The zero-order valence-electron chi connectivity index (χ0n) is 7.22. The van der Waals surface area contributed by atoms with Crippen LogP contribution in [0.1, 0.15) is 13.3 Å². The van der Waals surface area contributed by atoms with Gasteiger partial charge in [-0.3, -0.25) is 4.79 Å². The Labute approximate surface area is 77.3 Å². The molecule has 0 aromatic carbocycles. The van der Waals surface area contributed by atoms with Crippen LogP contribution in [0.4, 0.5) is 0 Å². The highest BCUT2D eigenvalue weighted by atomic mass is 35.5. The second-order valence-electron chi connectivity index (χ2n) is 3.67. The van der Waals surface area contributed by atoms with Gasteiger partial charge in [-0.05, 0) is 6.42 Å². The molecule has 1 unspecified atom stereocenters. The van der Waals surface area contributed by atoms with E-state index in [1.807, 2.05) is 6.92 Å². The van der Waals surface area contributed by atoms with Gasteiger partial charge in [-0.15, -0.1) is 11.6 Å². The Morgan fingerprint density at radius 3 is 2.83 bits per heavy atom. The van der Waals surface area contributed by atoms with Gasteiger partial charge in [0.05, 0.1) is 6.61 Å². The molecule has 1 N–H and O–H groups in total. The van der Waals surface area contributed by atoms with Crippen molar-refractivity contribution in [2.75, 3.05) is 25.6 Å². The lowest BCUT2D eigenvalue weighted by atomic mass is 9.91. The molecule has 0 aromatic rings. The van der Waals surface area contributed by atoms with Crippen LogP contribution in [0.25, 0.3) is 0 Å². The van der Waals surface area contributed by atoms with Crippen LogP contribution in [0.3, 0.4) is 0 Å². The van der Waals surface area contributed by atoms with Crippen LogP contribution in [0.5, 0.6) is 0 Å². The molecule has 1 amide bonds. The van der Waals surface area contributed by atoms with Crippen molar-refractivity contribution in [1.29, 1.82) is 0 Å². The lowest BCUT2D eigenvalue weighted by Gasteiger charge is -2.21. The number of carbonyl (C=O) groups excluding carboxylic acids is 1. The highest BCUT2D eigenvalue weighted by molar-refractivity contribution is 6.27. The molecule has 1 rings (SSSR count). The highest BCUT2D eigenvalue weighted by Crippen LogP contribution is 2.28. The molecular formula is C8H14ClNO2. The Balaban J connectivity index is 2.50. The molecule has 0 aromatic heterocycles. The van der Waals surface area contributed by atoms with Crippen molar-refractivity contribution in [2.24, 2.45) is 5.41 Å². The van der Waals surface area contributed by atoms with Gasteiger partial charge in [-0.25, -0.2) is 0 Å². The Morgan fingerprint density at radius 1 is 1.75 bits per heavy atom. The summed E-state index contributed by atoms with van der Waals surface area (Å²) in [4.78, 5) is 12.8. The number of nitrogens with zero attached hydrogens (tertiary/aromatic N) is 1. The zero-order chi connectivity index (χ0) is 9.19. The van der Waals surface area contributed by atoms with Crippen LogP contribution in [-0.2, 0) is 4.79 Å². The first-order chi connectivity index (χ1) is 5.61. The van der Waals surface area contributed by atoms with Gasteiger partial charge in [-0.1, -0.05) is 6.92 Å². The summed E-state index contributed by atoms with van der Waals surface area (Å²) >= 11 is 5.41. The molecule has 1 aliphatic rings. The molecule has 1 saturated heterocycles. The summed E-state index contributed by atoms with van der Waals surface area (Å²) in [7, 11) is 0. The van der Waals surface area contributed by atoms with Crippen LogP contribution in [-0.4, -0.2) is 41.5 Å². The molecule has 0 bridgehead atoms. The Morgan fingerprint density at radius 2 is 2.42 bits per heavy atom. The van der Waals surface area contributed by atoms with Gasteiger partial charge in [-0.2, -0.15) is 0 Å². The summed E-state index contributed by atoms with van der Waals surface area (Å²) in [6.45, 7) is 3.48. The molecular weight excluding hydrogens is 178 g/mol. The van der Waals surface area contributed by atoms with Crippen molar-refractivity contribution < 1.29 is 9.90 Å². The number of carbonyl (C=O) groups is 1. The quantitative estimate of drug-likeness (QED) is 0.645. The van der Waals surface area contributed by atoms with Gasteiger partial charge in [0, 0.05) is 18.5 Å². The number of halogens is 1. The third kappa shape index (κ3) is 1.90. The van der Waals surface area contributed by atoms with E-state index in [0.717, 1.165) is 13.0 Å². The van der Waals surface area contributed by atoms with Gasteiger partial charge in [0.15, 0.2) is 0 Å². The van der Waals surface area contributed by atoms with Gasteiger partial charge < -0.3 is 10.0 Å². The molecule has 1 fully saturated rings. The summed E-state index contributed by atoms with van der Waals surface area (Å²) < 4.78 is 0. The fourth-order valence-electron chi connectivity index (χ4n) is 1.45. The minimum atomic E-state index is -0.109. The van der Waals surface area contributed by atoms with Crippen molar-refractivity contribution in [3.63, 3.8) is 0 Å². The fourth-order valence-corrected chi connectivity index (χ4v) is 1.62. The van der Waals surface area contributed by atoms with E-state index in [-0.39, 0.29) is 23.8 Å². The molecule has 1 aliphatic heterocycles. The number of hydrogen-bond donors (Lipinski definition) is 1. The van der Waals surface area contributed by atoms with E-state index in [4.69, 9.17) is 16.7 Å². The van der Waals surface area contributed by atoms with E-state index < -0.39 is 0 Å². The van der Waals surface area contributed by atoms with E-state index >= 15 is 0 Å². The summed E-state index contributed by atoms with van der Waals surface area (Å²) in [5.74, 6) is 0.00968. The number of amides is 1. The van der Waals surface area contributed by atoms with E-state index in [2.05, 4.69) is 0 Å². The fraction of sp³-hybridized carbons (Fsp3) is 0.875. The standard InChI is InChI=1S/C8H14ClNO2/c1-8(6-11)2-3-10(5-8)7(12)4-9/h11H,2-6H2,1H3. The molecule has 0 aliphatic carbocycles. The number of alkyl halides is 1. The average molecular weight is 192 g/mol. The summed E-state index contributed by atoms with van der Waals surface area (Å²) in [5.41, 5.74) is -0.109. The smallest absolute Gasteiger partial charge is 0.237 e. The molecule has 0 saturated carbocycles. The van der Waals surface area contributed by atoms with Gasteiger partial charge in [0.2, 0.25) is 5.91 Å². The van der Waals surface area contributed by atoms with Crippen LogP contribution in [0, 0.1) is 5.41 Å². The second kappa shape index (κ2) is 3.62. The Kier molecular flexibility index (Phi) is 2.96. The van der Waals surface area contributed by atoms with Crippen LogP contribution >= 0.6 is 11.6 Å².